The van der Waals surface area contributed by atoms with Crippen molar-refractivity contribution in [1.82, 2.24) is 0 Å². The van der Waals surface area contributed by atoms with E-state index in [0.29, 0.717) is 11.3 Å². The molecule has 2 nitrogen and oxygen atoms in total. The predicted octanol–water partition coefficient (Wildman–Crippen LogP) is 13.8. The van der Waals surface area contributed by atoms with E-state index < -0.39 is 17.5 Å². The van der Waals surface area contributed by atoms with Gasteiger partial charge in [-0.3, -0.25) is 0 Å². The van der Waals surface area contributed by atoms with Crippen LogP contribution in [0.15, 0.2) is 180 Å². The summed E-state index contributed by atoms with van der Waals surface area (Å²) in [4.78, 5) is 1.88. The van der Waals surface area contributed by atoms with Crippen LogP contribution in [0.25, 0.3) is 66.1 Å². The van der Waals surface area contributed by atoms with Crippen molar-refractivity contribution in [2.45, 2.75) is 19.3 Å². The average Bonchev–Trinajstić information content (AvgIpc) is 3.76. The van der Waals surface area contributed by atoms with Crippen LogP contribution in [-0.4, -0.2) is 0 Å². The molecule has 0 atom stereocenters. The molecule has 9 aromatic rings. The van der Waals surface area contributed by atoms with Crippen LogP contribution in [0.4, 0.5) is 17.1 Å². The third kappa shape index (κ3) is 4.57. The van der Waals surface area contributed by atoms with Crippen LogP contribution in [-0.2, 0) is 5.41 Å². The maximum Gasteiger partial charge on any atom is 0.143 e. The lowest BCUT2D eigenvalue weighted by atomic mass is 9.81. The molecule has 0 saturated heterocycles. The molecule has 1 aliphatic rings. The molecule has 51 heavy (non-hydrogen) atoms. The van der Waals surface area contributed by atoms with E-state index in [2.05, 4.69) is 32.0 Å². The van der Waals surface area contributed by atoms with Crippen molar-refractivity contribution in [1.29, 1.82) is 0 Å². The zero-order valence-corrected chi connectivity index (χ0v) is 28.0. The Bertz CT molecular complexity index is 3210. The van der Waals surface area contributed by atoms with Crippen LogP contribution in [0.3, 0.4) is 0 Å². The Hall–Kier alpha value is -6.38. The Morgan fingerprint density at radius 1 is 0.549 bits per heavy atom. The lowest BCUT2D eigenvalue weighted by Gasteiger charge is -2.32. The number of benzene rings is 8. The second-order valence-electron chi connectivity index (χ2n) is 13.5. The topological polar surface area (TPSA) is 16.4 Å². The summed E-state index contributed by atoms with van der Waals surface area (Å²) < 4.78 is 80.8. The largest absolute Gasteiger partial charge is 0.455 e. The van der Waals surface area contributed by atoms with E-state index >= 15 is 0 Å². The van der Waals surface area contributed by atoms with Gasteiger partial charge in [0.2, 0.25) is 0 Å². The van der Waals surface area contributed by atoms with Crippen molar-refractivity contribution in [2.24, 2.45) is 0 Å². The summed E-state index contributed by atoms with van der Waals surface area (Å²) in [6, 6.07) is 38.8. The second kappa shape index (κ2) is 11.3. The number of rotatable bonds is 5. The Morgan fingerprint density at radius 2 is 1.24 bits per heavy atom. The highest BCUT2D eigenvalue weighted by molar-refractivity contribution is 6.22. The fourth-order valence-corrected chi connectivity index (χ4v) is 7.84. The normalized spacial score (nSPS) is 15.3. The molecule has 0 radical (unpaired) electrons. The van der Waals surface area contributed by atoms with Gasteiger partial charge in [0.25, 0.3) is 0 Å². The van der Waals surface area contributed by atoms with Crippen molar-refractivity contribution in [3.63, 3.8) is 0 Å². The zero-order valence-electron chi connectivity index (χ0n) is 36.0. The van der Waals surface area contributed by atoms with Gasteiger partial charge in [0.1, 0.15) is 11.2 Å². The second-order valence-corrected chi connectivity index (χ2v) is 13.5. The zero-order chi connectivity index (χ0) is 41.1. The van der Waals surface area contributed by atoms with E-state index in [1.807, 2.05) is 89.8 Å². The summed E-state index contributed by atoms with van der Waals surface area (Å²) in [5, 5.41) is 0.249. The third-order valence-corrected chi connectivity index (χ3v) is 10.2. The average molecular weight is 662 g/mol. The Balaban J connectivity index is 1.33. The van der Waals surface area contributed by atoms with Crippen LogP contribution >= 0.6 is 0 Å². The van der Waals surface area contributed by atoms with Crippen molar-refractivity contribution in [2.75, 3.05) is 4.90 Å². The van der Waals surface area contributed by atoms with Gasteiger partial charge in [-0.15, -0.1) is 0 Å². The fraction of sp³-hybridized carbons (Fsp3) is 0.0612. The van der Waals surface area contributed by atoms with Crippen molar-refractivity contribution in [3.05, 3.63) is 187 Å². The molecule has 1 heterocycles. The van der Waals surface area contributed by atoms with Crippen LogP contribution in [0.2, 0.25) is 0 Å². The monoisotopic (exact) mass is 661 g/mol. The minimum atomic E-state index is -0.489. The highest BCUT2D eigenvalue weighted by Gasteiger charge is 2.38. The molecule has 0 N–H and O–H groups in total. The first-order chi connectivity index (χ1) is 28.4. The fourth-order valence-electron chi connectivity index (χ4n) is 7.84. The maximum absolute atomic E-state index is 10.0. The molecule has 10 rings (SSSR count). The SMILES string of the molecule is [2H]c1c([2H])c([2H])c2c(c1[2H])c([2H])c(-c1ccccc1)c1oc3c([2H])c(N(c4ccc(-c5ccccc5)cc4)c4cccc5c4C(C)(C)c4ccccc4-5)c([2H])c([2H])c3c12. The van der Waals surface area contributed by atoms with Crippen molar-refractivity contribution < 1.29 is 15.4 Å². The Labute approximate surface area is 309 Å². The van der Waals surface area contributed by atoms with Gasteiger partial charge in [-0.05, 0) is 86.0 Å². The Kier molecular flexibility index (Phi) is 4.97. The quantitative estimate of drug-likeness (QED) is 0.182. The maximum atomic E-state index is 10.0. The van der Waals surface area contributed by atoms with E-state index in [9.17, 15) is 5.48 Å². The number of hydrogen-bond acceptors (Lipinski definition) is 2. The number of nitrogens with zero attached hydrogens (tertiary/aromatic N) is 1. The molecule has 0 spiro atoms. The summed E-state index contributed by atoms with van der Waals surface area (Å²) in [7, 11) is 0. The standard InChI is InChI=1S/C49H35NO/c1-49(2)43-22-12-11-20-39(43)40-21-13-23-44(47(40)49)50(36-26-24-33(25-27-36)32-14-5-3-6-15-32)37-28-29-41-45(31-37)51-48-42(34-16-7-4-8-17-34)30-35-18-9-10-19-38(35)46(41)48/h3-31H,1-2H3/i9D,10D,18D,19D,28D,29D,30D,31D. The molecule has 0 fully saturated rings. The van der Waals surface area contributed by atoms with Gasteiger partial charge in [0.05, 0.1) is 16.7 Å². The number of anilines is 3. The highest BCUT2D eigenvalue weighted by Crippen LogP contribution is 2.54. The lowest BCUT2D eigenvalue weighted by Crippen LogP contribution is -2.20. The van der Waals surface area contributed by atoms with Gasteiger partial charge in [0.15, 0.2) is 0 Å². The smallest absolute Gasteiger partial charge is 0.143 e. The minimum Gasteiger partial charge on any atom is -0.455 e. The van der Waals surface area contributed by atoms with Gasteiger partial charge in [0, 0.05) is 39.2 Å². The predicted molar refractivity (Wildman–Crippen MR) is 214 cm³/mol. The summed E-state index contributed by atoms with van der Waals surface area (Å²) in [5.74, 6) is 0. The van der Waals surface area contributed by atoms with Gasteiger partial charge in [-0.1, -0.05) is 147 Å². The molecule has 0 amide bonds. The van der Waals surface area contributed by atoms with Crippen molar-refractivity contribution >= 4 is 49.8 Å². The summed E-state index contributed by atoms with van der Waals surface area (Å²) in [6.07, 6.45) is 0. The van der Waals surface area contributed by atoms with Crippen LogP contribution in [0, 0.1) is 0 Å². The van der Waals surface area contributed by atoms with Crippen molar-refractivity contribution in [3.8, 4) is 33.4 Å². The molecule has 0 unspecified atom stereocenters. The molecule has 8 aromatic carbocycles. The molecule has 242 valence electrons. The summed E-state index contributed by atoms with van der Waals surface area (Å²) >= 11 is 0. The Morgan fingerprint density at radius 3 is 2.04 bits per heavy atom. The van der Waals surface area contributed by atoms with E-state index in [1.54, 1.807) is 24.3 Å². The lowest BCUT2D eigenvalue weighted by molar-refractivity contribution is 0.660. The number of hydrogen-bond donors (Lipinski definition) is 0. The van der Waals surface area contributed by atoms with Gasteiger partial charge in [-0.25, -0.2) is 0 Å². The molecule has 1 aromatic heterocycles. The van der Waals surface area contributed by atoms with Gasteiger partial charge >= 0.3 is 0 Å². The number of furan rings is 1. The van der Waals surface area contributed by atoms with Crippen LogP contribution in [0.1, 0.15) is 35.9 Å². The minimum absolute atomic E-state index is 0.0169. The first kappa shape index (κ1) is 22.4. The number of fused-ring (bicyclic) bond motifs is 8. The van der Waals surface area contributed by atoms with E-state index in [1.165, 1.54) is 0 Å². The first-order valence-electron chi connectivity index (χ1n) is 21.0. The van der Waals surface area contributed by atoms with Crippen LogP contribution in [0.5, 0.6) is 0 Å². The van der Waals surface area contributed by atoms with Gasteiger partial charge < -0.3 is 9.32 Å². The molecular weight excluding hydrogens is 619 g/mol. The van der Waals surface area contributed by atoms with E-state index in [4.69, 9.17) is 9.90 Å². The van der Waals surface area contributed by atoms with E-state index in [0.717, 1.165) is 39.1 Å². The molecule has 0 bridgehead atoms. The molecule has 2 heteroatoms. The van der Waals surface area contributed by atoms with Crippen LogP contribution < -0.4 is 4.90 Å². The first-order valence-corrected chi connectivity index (χ1v) is 17.0. The van der Waals surface area contributed by atoms with Gasteiger partial charge in [-0.2, -0.15) is 0 Å². The highest BCUT2D eigenvalue weighted by atomic mass is 16.3. The summed E-state index contributed by atoms with van der Waals surface area (Å²) in [5.41, 5.74) is 8.33. The molecule has 0 saturated carbocycles. The molecule has 1 aliphatic carbocycles. The van der Waals surface area contributed by atoms with E-state index in [-0.39, 0.29) is 80.2 Å². The summed E-state index contributed by atoms with van der Waals surface area (Å²) in [6.45, 7) is 4.35. The third-order valence-electron chi connectivity index (χ3n) is 10.2. The molecular formula is C49H35NO. The molecule has 0 aliphatic heterocycles.